The van der Waals surface area contributed by atoms with Crippen LogP contribution in [0.5, 0.6) is 5.75 Å². The summed E-state index contributed by atoms with van der Waals surface area (Å²) in [4.78, 5) is 11.9. The molecule has 0 bridgehead atoms. The number of carbonyl (C=O) groups is 1. The number of hydrogen-bond donors (Lipinski definition) is 1. The van der Waals surface area contributed by atoms with E-state index in [9.17, 15) is 13.2 Å². The smallest absolute Gasteiger partial charge is 0.277 e. The maximum absolute atomic E-state index is 11.9. The van der Waals surface area contributed by atoms with Crippen molar-refractivity contribution < 1.29 is 17.9 Å². The summed E-state index contributed by atoms with van der Waals surface area (Å²) in [5, 5.41) is 17.4. The SMILES string of the molecule is Cc1nn([C@@H]2CCS(=O)(=O)C2)c(C)c1/C=N\NC(=O)COc1ccccc1C#N. The molecule has 1 aromatic heterocycles. The number of nitriles is 1. The molecule has 1 aliphatic rings. The molecule has 0 radical (unpaired) electrons. The summed E-state index contributed by atoms with van der Waals surface area (Å²) in [6.07, 6.45) is 2.03. The molecule has 2 heterocycles. The molecule has 1 saturated heterocycles. The molecular formula is C19H21N5O4S. The standard InChI is InChI=1S/C19H21N5O4S/c1-13-17(14(2)24(23-13)16-7-8-29(26,27)12-16)10-21-22-19(25)11-28-18-6-4-3-5-15(18)9-20/h3-6,10,16H,7-8,11-12H2,1-2H3,(H,22,25)/b21-10-/t16-/m1/s1. The van der Waals surface area contributed by atoms with E-state index in [4.69, 9.17) is 10.00 Å². The van der Waals surface area contributed by atoms with Gasteiger partial charge in [0.25, 0.3) is 5.91 Å². The van der Waals surface area contributed by atoms with E-state index in [-0.39, 0.29) is 24.2 Å². The Morgan fingerprint density at radius 3 is 2.90 bits per heavy atom. The third-order valence-electron chi connectivity index (χ3n) is 4.68. The Morgan fingerprint density at radius 1 is 1.45 bits per heavy atom. The van der Waals surface area contributed by atoms with Crippen LogP contribution in [0.2, 0.25) is 0 Å². The number of amides is 1. The molecule has 1 aromatic carbocycles. The third-order valence-corrected chi connectivity index (χ3v) is 6.43. The summed E-state index contributed by atoms with van der Waals surface area (Å²) in [5.41, 5.74) is 4.94. The van der Waals surface area contributed by atoms with Crippen molar-refractivity contribution in [3.63, 3.8) is 0 Å². The molecule has 1 atom stereocenters. The van der Waals surface area contributed by atoms with Crippen molar-refractivity contribution in [1.82, 2.24) is 15.2 Å². The van der Waals surface area contributed by atoms with Gasteiger partial charge in [0.1, 0.15) is 11.8 Å². The van der Waals surface area contributed by atoms with Gasteiger partial charge in [0.05, 0.1) is 35.0 Å². The van der Waals surface area contributed by atoms with Crippen molar-refractivity contribution in [1.29, 1.82) is 5.26 Å². The topological polar surface area (TPSA) is 126 Å². The minimum atomic E-state index is -3.01. The first-order valence-corrected chi connectivity index (χ1v) is 10.8. The molecule has 3 rings (SSSR count). The summed E-state index contributed by atoms with van der Waals surface area (Å²) < 4.78 is 30.5. The van der Waals surface area contributed by atoms with Crippen molar-refractivity contribution >= 4 is 22.0 Å². The van der Waals surface area contributed by atoms with Crippen LogP contribution in [0.4, 0.5) is 0 Å². The molecule has 0 unspecified atom stereocenters. The van der Waals surface area contributed by atoms with Crippen molar-refractivity contribution in [2.75, 3.05) is 18.1 Å². The highest BCUT2D eigenvalue weighted by Gasteiger charge is 2.31. The summed E-state index contributed by atoms with van der Waals surface area (Å²) in [6.45, 7) is 3.36. The van der Waals surface area contributed by atoms with Gasteiger partial charge in [-0.1, -0.05) is 12.1 Å². The zero-order chi connectivity index (χ0) is 21.0. The molecular weight excluding hydrogens is 394 g/mol. The average molecular weight is 415 g/mol. The molecule has 0 saturated carbocycles. The predicted molar refractivity (Wildman–Crippen MR) is 106 cm³/mol. The number of hydrazone groups is 1. The second-order valence-corrected chi connectivity index (χ2v) is 9.00. The lowest BCUT2D eigenvalue weighted by Crippen LogP contribution is -2.24. The quantitative estimate of drug-likeness (QED) is 0.559. The van der Waals surface area contributed by atoms with Crippen molar-refractivity contribution in [2.24, 2.45) is 5.10 Å². The molecule has 1 N–H and O–H groups in total. The molecule has 1 fully saturated rings. The lowest BCUT2D eigenvalue weighted by Gasteiger charge is -2.10. The molecule has 9 nitrogen and oxygen atoms in total. The zero-order valence-corrected chi connectivity index (χ0v) is 16.9. The second kappa shape index (κ2) is 8.45. The first-order chi connectivity index (χ1) is 13.8. The number of para-hydroxylation sites is 1. The number of carbonyl (C=O) groups excluding carboxylic acids is 1. The molecule has 10 heteroatoms. The third kappa shape index (κ3) is 4.81. The molecule has 0 aliphatic carbocycles. The number of aromatic nitrogens is 2. The Balaban J connectivity index is 1.60. The van der Waals surface area contributed by atoms with E-state index in [0.717, 1.165) is 11.3 Å². The lowest BCUT2D eigenvalue weighted by molar-refractivity contribution is -0.123. The summed E-state index contributed by atoms with van der Waals surface area (Å²) in [7, 11) is -3.01. The molecule has 0 spiro atoms. The van der Waals surface area contributed by atoms with E-state index in [2.05, 4.69) is 15.6 Å². The van der Waals surface area contributed by atoms with Gasteiger partial charge in [0.15, 0.2) is 16.4 Å². The number of hydrogen-bond acceptors (Lipinski definition) is 7. The molecule has 152 valence electrons. The molecule has 2 aromatic rings. The Kier molecular flexibility index (Phi) is 5.98. The molecule has 1 amide bonds. The molecule has 29 heavy (non-hydrogen) atoms. The van der Waals surface area contributed by atoms with Gasteiger partial charge in [-0.05, 0) is 32.4 Å². The number of benzene rings is 1. The van der Waals surface area contributed by atoms with Crippen molar-refractivity contribution in [3.05, 3.63) is 46.8 Å². The predicted octanol–water partition coefficient (Wildman–Crippen LogP) is 1.26. The van der Waals surface area contributed by atoms with Crippen LogP contribution in [0.3, 0.4) is 0 Å². The van der Waals surface area contributed by atoms with Gasteiger partial charge in [-0.2, -0.15) is 15.5 Å². The fourth-order valence-electron chi connectivity index (χ4n) is 3.22. The minimum Gasteiger partial charge on any atom is -0.482 e. The first kappa shape index (κ1) is 20.5. The summed E-state index contributed by atoms with van der Waals surface area (Å²) >= 11 is 0. The highest BCUT2D eigenvalue weighted by molar-refractivity contribution is 7.91. The minimum absolute atomic E-state index is 0.0871. The van der Waals surface area contributed by atoms with Crippen LogP contribution in [0.1, 0.15) is 35.0 Å². The van der Waals surface area contributed by atoms with Gasteiger partial charge in [-0.3, -0.25) is 9.48 Å². The van der Waals surface area contributed by atoms with Crippen LogP contribution in [0.15, 0.2) is 29.4 Å². The zero-order valence-electron chi connectivity index (χ0n) is 16.1. The normalized spacial score (nSPS) is 17.9. The average Bonchev–Trinajstić information content (AvgIpc) is 3.19. The van der Waals surface area contributed by atoms with Gasteiger partial charge in [-0.15, -0.1) is 0 Å². The van der Waals surface area contributed by atoms with Gasteiger partial charge in [0.2, 0.25) is 0 Å². The molecule has 1 aliphatic heterocycles. The lowest BCUT2D eigenvalue weighted by atomic mass is 10.2. The van der Waals surface area contributed by atoms with E-state index >= 15 is 0 Å². The summed E-state index contributed by atoms with van der Waals surface area (Å²) in [6, 6.07) is 8.45. The van der Waals surface area contributed by atoms with Crippen LogP contribution in [0, 0.1) is 25.2 Å². The highest BCUT2D eigenvalue weighted by Crippen LogP contribution is 2.26. The fourth-order valence-corrected chi connectivity index (χ4v) is 4.91. The van der Waals surface area contributed by atoms with E-state index in [1.54, 1.807) is 35.9 Å². The van der Waals surface area contributed by atoms with Crippen molar-refractivity contribution in [3.8, 4) is 11.8 Å². The Morgan fingerprint density at radius 2 is 2.21 bits per heavy atom. The number of sulfone groups is 1. The maximum Gasteiger partial charge on any atom is 0.277 e. The van der Waals surface area contributed by atoms with Crippen molar-refractivity contribution in [2.45, 2.75) is 26.3 Å². The number of aryl methyl sites for hydroxylation is 1. The number of ether oxygens (including phenoxy) is 1. The second-order valence-electron chi connectivity index (χ2n) is 6.78. The van der Waals surface area contributed by atoms with Crippen LogP contribution in [-0.2, 0) is 14.6 Å². The van der Waals surface area contributed by atoms with Gasteiger partial charge >= 0.3 is 0 Å². The van der Waals surface area contributed by atoms with E-state index in [1.165, 1.54) is 6.21 Å². The summed E-state index contributed by atoms with van der Waals surface area (Å²) in [5.74, 6) is 0.112. The number of nitrogens with one attached hydrogen (secondary N) is 1. The number of rotatable bonds is 6. The fraction of sp³-hybridized carbons (Fsp3) is 0.368. The van der Waals surface area contributed by atoms with Crippen LogP contribution >= 0.6 is 0 Å². The van der Waals surface area contributed by atoms with Gasteiger partial charge in [-0.25, -0.2) is 13.8 Å². The maximum atomic E-state index is 11.9. The highest BCUT2D eigenvalue weighted by atomic mass is 32.2. The largest absolute Gasteiger partial charge is 0.482 e. The van der Waals surface area contributed by atoms with E-state index < -0.39 is 15.7 Å². The van der Waals surface area contributed by atoms with Crippen LogP contribution in [0.25, 0.3) is 0 Å². The first-order valence-electron chi connectivity index (χ1n) is 9.00. The number of nitrogens with zero attached hydrogens (tertiary/aromatic N) is 4. The van der Waals surface area contributed by atoms with Crippen LogP contribution in [-0.4, -0.2) is 48.4 Å². The van der Waals surface area contributed by atoms with Gasteiger partial charge < -0.3 is 4.74 Å². The monoisotopic (exact) mass is 415 g/mol. The van der Waals surface area contributed by atoms with E-state index in [0.29, 0.717) is 23.4 Å². The van der Waals surface area contributed by atoms with Crippen LogP contribution < -0.4 is 10.2 Å². The Labute approximate surface area is 168 Å². The van der Waals surface area contributed by atoms with Gasteiger partial charge in [0, 0.05) is 11.3 Å². The Hall–Kier alpha value is -3.19. The Bertz CT molecular complexity index is 1100. The van der Waals surface area contributed by atoms with E-state index in [1.807, 2.05) is 13.0 Å².